The predicted octanol–water partition coefficient (Wildman–Crippen LogP) is 0.128. The van der Waals surface area contributed by atoms with Gasteiger partial charge in [-0.15, -0.1) is 0 Å². The molecule has 0 atom stereocenters. The van der Waals surface area contributed by atoms with Gasteiger partial charge >= 0.3 is 6.09 Å². The van der Waals surface area contributed by atoms with E-state index in [-0.39, 0.29) is 11.6 Å². The maximum absolute atomic E-state index is 11.5. The third-order valence-corrected chi connectivity index (χ3v) is 3.30. The van der Waals surface area contributed by atoms with Gasteiger partial charge in [0.05, 0.1) is 6.61 Å². The summed E-state index contributed by atoms with van der Waals surface area (Å²) in [4.78, 5) is 13.3. The van der Waals surface area contributed by atoms with Crippen LogP contribution in [0.1, 0.15) is 19.8 Å². The van der Waals surface area contributed by atoms with Gasteiger partial charge in [-0.3, -0.25) is 5.32 Å². The Kier molecular flexibility index (Phi) is 3.11. The molecule has 1 amide bonds. The molecule has 0 bridgehead atoms. The number of carbonyl (C=O) groups excluding carboxylic acids is 1. The van der Waals surface area contributed by atoms with Crippen molar-refractivity contribution in [1.29, 1.82) is 0 Å². The molecular formula is C10H19N3O2. The third kappa shape index (κ3) is 2.23. The van der Waals surface area contributed by atoms with Crippen LogP contribution in [0.25, 0.3) is 0 Å². The highest BCUT2D eigenvalue weighted by Crippen LogP contribution is 2.23. The largest absolute Gasteiger partial charge is 0.450 e. The van der Waals surface area contributed by atoms with E-state index < -0.39 is 0 Å². The lowest BCUT2D eigenvalue weighted by Gasteiger charge is -2.38. The van der Waals surface area contributed by atoms with Crippen LogP contribution in [0.5, 0.6) is 0 Å². The Morgan fingerprint density at radius 1 is 1.47 bits per heavy atom. The summed E-state index contributed by atoms with van der Waals surface area (Å²) < 4.78 is 4.98. The molecule has 2 saturated heterocycles. The summed E-state index contributed by atoms with van der Waals surface area (Å²) in [7, 11) is 0. The lowest BCUT2D eigenvalue weighted by molar-refractivity contribution is 0.0858. The minimum atomic E-state index is -0.168. The number of carbonyl (C=O) groups is 1. The number of ether oxygens (including phenoxy) is 1. The number of hydrogen-bond acceptors (Lipinski definition) is 4. The lowest BCUT2D eigenvalue weighted by Crippen LogP contribution is -2.53. The standard InChI is InChI=1S/C10H19N3O2/c1-2-15-9(14)13-5-3-10(4-6-13)7-11-8-12-10/h11-12H,2-8H2,1H3. The van der Waals surface area contributed by atoms with Crippen molar-refractivity contribution in [2.45, 2.75) is 25.3 Å². The van der Waals surface area contributed by atoms with Crippen LogP contribution in [0.15, 0.2) is 0 Å². The molecule has 0 radical (unpaired) electrons. The number of rotatable bonds is 1. The molecule has 0 aromatic heterocycles. The predicted molar refractivity (Wildman–Crippen MR) is 56.6 cm³/mol. The quantitative estimate of drug-likeness (QED) is 0.650. The van der Waals surface area contributed by atoms with Crippen molar-refractivity contribution in [2.75, 3.05) is 32.9 Å². The second-order valence-electron chi connectivity index (χ2n) is 4.25. The lowest BCUT2D eigenvalue weighted by atomic mass is 9.89. The Bertz CT molecular complexity index is 229. The van der Waals surface area contributed by atoms with E-state index in [1.807, 2.05) is 6.92 Å². The van der Waals surface area contributed by atoms with Crippen molar-refractivity contribution >= 4 is 6.09 Å². The van der Waals surface area contributed by atoms with Crippen LogP contribution >= 0.6 is 0 Å². The highest BCUT2D eigenvalue weighted by Gasteiger charge is 2.38. The number of nitrogens with zero attached hydrogens (tertiary/aromatic N) is 1. The molecule has 2 N–H and O–H groups in total. The van der Waals surface area contributed by atoms with E-state index >= 15 is 0 Å². The second kappa shape index (κ2) is 4.37. The number of likely N-dealkylation sites (tertiary alicyclic amines) is 1. The van der Waals surface area contributed by atoms with E-state index in [2.05, 4.69) is 10.6 Å². The SMILES string of the molecule is CCOC(=O)N1CCC2(CC1)CNCN2. The van der Waals surface area contributed by atoms with Gasteiger partial charge < -0.3 is 15.0 Å². The van der Waals surface area contributed by atoms with Gasteiger partial charge in [0.1, 0.15) is 0 Å². The van der Waals surface area contributed by atoms with E-state index in [1.54, 1.807) is 4.90 Å². The van der Waals surface area contributed by atoms with E-state index in [0.29, 0.717) is 6.61 Å². The van der Waals surface area contributed by atoms with Crippen LogP contribution in [0.4, 0.5) is 4.79 Å². The first-order valence-corrected chi connectivity index (χ1v) is 5.63. The first-order chi connectivity index (χ1) is 7.26. The molecule has 15 heavy (non-hydrogen) atoms. The Morgan fingerprint density at radius 3 is 2.73 bits per heavy atom. The topological polar surface area (TPSA) is 53.6 Å². The molecule has 2 rings (SSSR count). The summed E-state index contributed by atoms with van der Waals surface area (Å²) in [6, 6.07) is 0. The summed E-state index contributed by atoms with van der Waals surface area (Å²) in [6.07, 6.45) is 1.86. The molecule has 2 aliphatic heterocycles. The molecule has 0 saturated carbocycles. The van der Waals surface area contributed by atoms with Crippen LogP contribution in [-0.4, -0.2) is 49.4 Å². The number of hydrogen-bond donors (Lipinski definition) is 2. The van der Waals surface area contributed by atoms with Gasteiger partial charge in [-0.1, -0.05) is 0 Å². The van der Waals surface area contributed by atoms with Crippen molar-refractivity contribution in [3.63, 3.8) is 0 Å². The fourth-order valence-electron chi connectivity index (χ4n) is 2.30. The maximum atomic E-state index is 11.5. The molecule has 1 spiro atoms. The van der Waals surface area contributed by atoms with Crippen molar-refractivity contribution < 1.29 is 9.53 Å². The Morgan fingerprint density at radius 2 is 2.20 bits per heavy atom. The van der Waals surface area contributed by atoms with Crippen LogP contribution in [0.3, 0.4) is 0 Å². The second-order valence-corrected chi connectivity index (χ2v) is 4.25. The molecule has 5 nitrogen and oxygen atoms in total. The van der Waals surface area contributed by atoms with Gasteiger partial charge in [-0.25, -0.2) is 4.79 Å². The Labute approximate surface area is 90.1 Å². The van der Waals surface area contributed by atoms with E-state index in [9.17, 15) is 4.79 Å². The average Bonchev–Trinajstić information content (AvgIpc) is 2.68. The Hall–Kier alpha value is -0.810. The normalized spacial score (nSPS) is 24.5. The zero-order valence-electron chi connectivity index (χ0n) is 9.21. The number of piperidine rings is 1. The molecule has 0 aromatic rings. The summed E-state index contributed by atoms with van der Waals surface area (Å²) in [6.45, 7) is 5.80. The first kappa shape index (κ1) is 10.7. The van der Waals surface area contributed by atoms with Crippen LogP contribution in [0.2, 0.25) is 0 Å². The van der Waals surface area contributed by atoms with Gasteiger partial charge in [-0.05, 0) is 19.8 Å². The molecule has 0 aliphatic carbocycles. The molecule has 0 unspecified atom stereocenters. The molecule has 2 aliphatic rings. The van der Waals surface area contributed by atoms with E-state index in [1.165, 1.54) is 0 Å². The summed E-state index contributed by atoms with van der Waals surface area (Å²) in [5.41, 5.74) is 0.225. The van der Waals surface area contributed by atoms with E-state index in [4.69, 9.17) is 4.74 Å². The average molecular weight is 213 g/mol. The molecule has 86 valence electrons. The highest BCUT2D eigenvalue weighted by molar-refractivity contribution is 5.67. The Balaban J connectivity index is 1.83. The maximum Gasteiger partial charge on any atom is 0.409 e. The van der Waals surface area contributed by atoms with Crippen LogP contribution in [0, 0.1) is 0 Å². The fraction of sp³-hybridized carbons (Fsp3) is 0.900. The molecule has 2 heterocycles. The zero-order valence-corrected chi connectivity index (χ0v) is 9.21. The monoisotopic (exact) mass is 213 g/mol. The van der Waals surface area contributed by atoms with E-state index in [0.717, 1.165) is 39.1 Å². The van der Waals surface area contributed by atoms with Crippen molar-refractivity contribution in [3.8, 4) is 0 Å². The molecule has 2 fully saturated rings. The molecular weight excluding hydrogens is 194 g/mol. The minimum Gasteiger partial charge on any atom is -0.450 e. The smallest absolute Gasteiger partial charge is 0.409 e. The number of amides is 1. The summed E-state index contributed by atoms with van der Waals surface area (Å²) >= 11 is 0. The van der Waals surface area contributed by atoms with Crippen LogP contribution < -0.4 is 10.6 Å². The molecule has 5 heteroatoms. The zero-order chi connectivity index (χ0) is 10.7. The van der Waals surface area contributed by atoms with Gasteiger partial charge in [0.2, 0.25) is 0 Å². The van der Waals surface area contributed by atoms with Gasteiger partial charge in [0, 0.05) is 31.8 Å². The first-order valence-electron chi connectivity index (χ1n) is 5.63. The third-order valence-electron chi connectivity index (χ3n) is 3.30. The molecule has 0 aromatic carbocycles. The minimum absolute atomic E-state index is 0.168. The van der Waals surface area contributed by atoms with Crippen LogP contribution in [-0.2, 0) is 4.74 Å². The summed E-state index contributed by atoms with van der Waals surface area (Å²) in [5.74, 6) is 0. The van der Waals surface area contributed by atoms with Gasteiger partial charge in [-0.2, -0.15) is 0 Å². The fourth-order valence-corrected chi connectivity index (χ4v) is 2.30. The number of nitrogens with one attached hydrogen (secondary N) is 2. The van der Waals surface area contributed by atoms with Crippen molar-refractivity contribution in [2.24, 2.45) is 0 Å². The van der Waals surface area contributed by atoms with Crippen molar-refractivity contribution in [1.82, 2.24) is 15.5 Å². The van der Waals surface area contributed by atoms with Gasteiger partial charge in [0.25, 0.3) is 0 Å². The summed E-state index contributed by atoms with van der Waals surface area (Å²) in [5, 5.41) is 6.78. The highest BCUT2D eigenvalue weighted by atomic mass is 16.6. The van der Waals surface area contributed by atoms with Crippen molar-refractivity contribution in [3.05, 3.63) is 0 Å². The van der Waals surface area contributed by atoms with Gasteiger partial charge in [0.15, 0.2) is 0 Å².